The highest BCUT2D eigenvalue weighted by atomic mass is 32.1. The Labute approximate surface area is 107 Å². The van der Waals surface area contributed by atoms with E-state index in [1.165, 1.54) is 11.1 Å². The van der Waals surface area contributed by atoms with Crippen LogP contribution in [0.15, 0.2) is 29.6 Å². The minimum Gasteiger partial charge on any atom is -0.322 e. The van der Waals surface area contributed by atoms with Crippen LogP contribution in [0.2, 0.25) is 0 Å². The summed E-state index contributed by atoms with van der Waals surface area (Å²) in [7, 11) is 0. The van der Waals surface area contributed by atoms with Crippen molar-refractivity contribution in [2.24, 2.45) is 5.73 Å². The lowest BCUT2D eigenvalue weighted by molar-refractivity contribution is 0.635. The molecule has 1 heterocycles. The molecule has 0 radical (unpaired) electrons. The van der Waals surface area contributed by atoms with Gasteiger partial charge in [0.2, 0.25) is 0 Å². The van der Waals surface area contributed by atoms with Crippen molar-refractivity contribution in [2.45, 2.75) is 32.7 Å². The first kappa shape index (κ1) is 12.3. The second kappa shape index (κ2) is 5.43. The monoisotopic (exact) mass is 246 g/mol. The quantitative estimate of drug-likeness (QED) is 0.888. The van der Waals surface area contributed by atoms with Crippen LogP contribution in [0.3, 0.4) is 0 Å². The van der Waals surface area contributed by atoms with Crippen LogP contribution in [0, 0.1) is 6.92 Å². The van der Waals surface area contributed by atoms with E-state index in [0.29, 0.717) is 0 Å². The van der Waals surface area contributed by atoms with Gasteiger partial charge in [-0.2, -0.15) is 0 Å². The normalized spacial score (nSPS) is 12.6. The van der Waals surface area contributed by atoms with Gasteiger partial charge in [-0.3, -0.25) is 0 Å². The van der Waals surface area contributed by atoms with E-state index in [9.17, 15) is 0 Å². The third kappa shape index (κ3) is 2.93. The molecule has 0 saturated heterocycles. The molecule has 1 atom stereocenters. The molecule has 0 saturated carbocycles. The molecule has 1 aromatic carbocycles. The largest absolute Gasteiger partial charge is 0.322 e. The zero-order valence-electron chi connectivity index (χ0n) is 10.3. The molecule has 3 heteroatoms. The van der Waals surface area contributed by atoms with Crippen LogP contribution in [-0.2, 0) is 0 Å². The average Bonchev–Trinajstić information content (AvgIpc) is 2.78. The van der Waals surface area contributed by atoms with E-state index >= 15 is 0 Å². The predicted molar refractivity (Wildman–Crippen MR) is 74.1 cm³/mol. The maximum absolute atomic E-state index is 6.07. The van der Waals surface area contributed by atoms with Gasteiger partial charge in [-0.1, -0.05) is 37.1 Å². The third-order valence-electron chi connectivity index (χ3n) is 2.75. The summed E-state index contributed by atoms with van der Waals surface area (Å²) in [6.07, 6.45) is 2.10. The van der Waals surface area contributed by atoms with Gasteiger partial charge in [0.25, 0.3) is 0 Å². The fraction of sp³-hybridized carbons (Fsp3) is 0.357. The molecule has 17 heavy (non-hydrogen) atoms. The van der Waals surface area contributed by atoms with Gasteiger partial charge in [0.15, 0.2) is 0 Å². The Bertz CT molecular complexity index is 490. The van der Waals surface area contributed by atoms with E-state index in [2.05, 4.69) is 48.5 Å². The van der Waals surface area contributed by atoms with Gasteiger partial charge in [-0.15, -0.1) is 11.3 Å². The van der Waals surface area contributed by atoms with Crippen LogP contribution in [0.1, 0.15) is 36.4 Å². The van der Waals surface area contributed by atoms with Crippen molar-refractivity contribution in [1.29, 1.82) is 0 Å². The summed E-state index contributed by atoms with van der Waals surface area (Å²) in [5.41, 5.74) is 9.55. The van der Waals surface area contributed by atoms with Crippen molar-refractivity contribution in [3.8, 4) is 11.3 Å². The van der Waals surface area contributed by atoms with Crippen LogP contribution in [0.5, 0.6) is 0 Å². The van der Waals surface area contributed by atoms with Crippen LogP contribution in [0.4, 0.5) is 0 Å². The van der Waals surface area contributed by atoms with Gasteiger partial charge in [-0.05, 0) is 19.4 Å². The van der Waals surface area contributed by atoms with Crippen molar-refractivity contribution >= 4 is 11.3 Å². The first-order valence-corrected chi connectivity index (χ1v) is 6.86. The Kier molecular flexibility index (Phi) is 3.92. The average molecular weight is 246 g/mol. The second-order valence-corrected chi connectivity index (χ2v) is 5.23. The van der Waals surface area contributed by atoms with Gasteiger partial charge < -0.3 is 5.73 Å². The van der Waals surface area contributed by atoms with Crippen LogP contribution in [-0.4, -0.2) is 4.98 Å². The number of hydrogen-bond donors (Lipinski definition) is 1. The zero-order chi connectivity index (χ0) is 12.3. The van der Waals surface area contributed by atoms with Crippen molar-refractivity contribution in [2.75, 3.05) is 0 Å². The molecule has 1 aromatic heterocycles. The topological polar surface area (TPSA) is 38.9 Å². The fourth-order valence-electron chi connectivity index (χ4n) is 1.83. The summed E-state index contributed by atoms with van der Waals surface area (Å²) in [5.74, 6) is 0. The zero-order valence-corrected chi connectivity index (χ0v) is 11.1. The Morgan fingerprint density at radius 1 is 1.41 bits per heavy atom. The van der Waals surface area contributed by atoms with Gasteiger partial charge in [0.1, 0.15) is 5.01 Å². The summed E-state index contributed by atoms with van der Waals surface area (Å²) in [6.45, 7) is 4.24. The number of nitrogens with zero attached hydrogens (tertiary/aromatic N) is 1. The maximum Gasteiger partial charge on any atom is 0.110 e. The Balaban J connectivity index is 2.23. The molecule has 2 rings (SSSR count). The summed E-state index contributed by atoms with van der Waals surface area (Å²) < 4.78 is 0. The SMILES string of the molecule is CCCC(N)c1nc(-c2cccc(C)c2)cs1. The van der Waals surface area contributed by atoms with E-state index in [1.54, 1.807) is 11.3 Å². The standard InChI is InChI=1S/C14H18N2S/c1-3-5-12(15)14-16-13(9-17-14)11-7-4-6-10(2)8-11/h4,6-9,12H,3,5,15H2,1-2H3. The highest BCUT2D eigenvalue weighted by Crippen LogP contribution is 2.26. The van der Waals surface area contributed by atoms with Gasteiger partial charge >= 0.3 is 0 Å². The van der Waals surface area contributed by atoms with E-state index in [0.717, 1.165) is 23.5 Å². The lowest BCUT2D eigenvalue weighted by Gasteiger charge is -2.05. The number of thiazole rings is 1. The molecule has 0 amide bonds. The van der Waals surface area contributed by atoms with E-state index in [1.807, 2.05) is 0 Å². The first-order valence-electron chi connectivity index (χ1n) is 5.98. The number of nitrogens with two attached hydrogens (primary N) is 1. The molecular weight excluding hydrogens is 228 g/mol. The van der Waals surface area contributed by atoms with Gasteiger partial charge in [0, 0.05) is 10.9 Å². The fourth-order valence-corrected chi connectivity index (χ4v) is 2.69. The first-order chi connectivity index (χ1) is 8.20. The number of hydrogen-bond acceptors (Lipinski definition) is 3. The van der Waals surface area contributed by atoms with Crippen molar-refractivity contribution in [3.05, 3.63) is 40.2 Å². The highest BCUT2D eigenvalue weighted by molar-refractivity contribution is 7.10. The molecule has 1 unspecified atom stereocenters. The van der Waals surface area contributed by atoms with Crippen molar-refractivity contribution < 1.29 is 0 Å². The van der Waals surface area contributed by atoms with Crippen LogP contribution < -0.4 is 5.73 Å². The molecule has 0 aliphatic rings. The Morgan fingerprint density at radius 3 is 2.94 bits per heavy atom. The number of aryl methyl sites for hydroxylation is 1. The molecule has 2 N–H and O–H groups in total. The van der Waals surface area contributed by atoms with Gasteiger partial charge in [0.05, 0.1) is 11.7 Å². The van der Waals surface area contributed by atoms with Crippen LogP contribution >= 0.6 is 11.3 Å². The highest BCUT2D eigenvalue weighted by Gasteiger charge is 2.10. The third-order valence-corrected chi connectivity index (χ3v) is 3.73. The van der Waals surface area contributed by atoms with E-state index in [-0.39, 0.29) is 6.04 Å². The number of aromatic nitrogens is 1. The Hall–Kier alpha value is -1.19. The number of rotatable bonds is 4. The minimum absolute atomic E-state index is 0.0866. The molecule has 2 aromatic rings. The lowest BCUT2D eigenvalue weighted by Crippen LogP contribution is -2.09. The summed E-state index contributed by atoms with van der Waals surface area (Å²) >= 11 is 1.66. The molecule has 0 aliphatic heterocycles. The predicted octanol–water partition coefficient (Wildman–Crippen LogP) is 3.92. The van der Waals surface area contributed by atoms with Crippen molar-refractivity contribution in [1.82, 2.24) is 4.98 Å². The maximum atomic E-state index is 6.07. The molecule has 0 fully saturated rings. The van der Waals surface area contributed by atoms with Crippen LogP contribution in [0.25, 0.3) is 11.3 Å². The smallest absolute Gasteiger partial charge is 0.110 e. The molecule has 0 aliphatic carbocycles. The molecular formula is C14H18N2S. The Morgan fingerprint density at radius 2 is 2.24 bits per heavy atom. The summed E-state index contributed by atoms with van der Waals surface area (Å²) in [4.78, 5) is 4.63. The molecule has 90 valence electrons. The summed E-state index contributed by atoms with van der Waals surface area (Å²) in [6, 6.07) is 8.50. The molecule has 0 bridgehead atoms. The number of benzene rings is 1. The molecule has 0 spiro atoms. The molecule has 2 nitrogen and oxygen atoms in total. The lowest BCUT2D eigenvalue weighted by atomic mass is 10.1. The van der Waals surface area contributed by atoms with Gasteiger partial charge in [-0.25, -0.2) is 4.98 Å². The van der Waals surface area contributed by atoms with Crippen molar-refractivity contribution in [3.63, 3.8) is 0 Å². The second-order valence-electron chi connectivity index (χ2n) is 4.34. The van der Waals surface area contributed by atoms with E-state index in [4.69, 9.17) is 5.73 Å². The minimum atomic E-state index is 0.0866. The summed E-state index contributed by atoms with van der Waals surface area (Å²) in [5, 5.41) is 3.14. The van der Waals surface area contributed by atoms with E-state index < -0.39 is 0 Å².